The van der Waals surface area contributed by atoms with E-state index in [1.165, 1.54) is 18.7 Å². The van der Waals surface area contributed by atoms with Gasteiger partial charge in [-0.15, -0.1) is 17.9 Å². The highest BCUT2D eigenvalue weighted by Gasteiger charge is 2.42. The molecule has 1 N–H and O–H groups in total. The maximum Gasteiger partial charge on any atom is 0.106 e. The topological polar surface area (TPSA) is 21.8 Å². The third kappa shape index (κ3) is 3.27. The van der Waals surface area contributed by atoms with Gasteiger partial charge in [-0.1, -0.05) is 0 Å². The van der Waals surface area contributed by atoms with E-state index in [0.29, 0.717) is 0 Å². The van der Waals surface area contributed by atoms with Crippen LogP contribution in [0.3, 0.4) is 0 Å². The van der Waals surface area contributed by atoms with E-state index in [9.17, 15) is 17.9 Å². The van der Waals surface area contributed by atoms with Crippen molar-refractivity contribution in [3.8, 4) is 0 Å². The van der Waals surface area contributed by atoms with Crippen molar-refractivity contribution >= 4 is 0 Å². The zero-order valence-corrected chi connectivity index (χ0v) is 10.2. The summed E-state index contributed by atoms with van der Waals surface area (Å²) in [4.78, 5) is 1.50. The molecule has 0 amide bonds. The molecule has 2 unspecified atom stereocenters. The van der Waals surface area contributed by atoms with Crippen molar-refractivity contribution in [2.24, 2.45) is 0 Å². The Morgan fingerprint density at radius 1 is 0.941 bits per heavy atom. The third-order valence-electron chi connectivity index (χ3n) is 3.05. The Balaban J connectivity index is 2.77. The lowest BCUT2D eigenvalue weighted by atomic mass is 9.96. The van der Waals surface area contributed by atoms with Crippen LogP contribution in [0.5, 0.6) is 0 Å². The molecule has 0 saturated carbocycles. The van der Waals surface area contributed by atoms with Gasteiger partial charge in [-0.25, -0.2) is 0 Å². The average Bonchev–Trinajstić information content (AvgIpc) is 2.14. The molecule has 1 saturated heterocycles. The second-order valence-electron chi connectivity index (χ2n) is 5.24. The monoisotopic (exact) mass is 258 g/mol. The van der Waals surface area contributed by atoms with Crippen LogP contribution < -0.4 is 5.32 Å². The fourth-order valence-corrected chi connectivity index (χ4v) is 2.16. The molecule has 102 valence electrons. The molecule has 17 heavy (non-hydrogen) atoms. The van der Waals surface area contributed by atoms with Gasteiger partial charge in [0.15, 0.2) is 0 Å². The quantitative estimate of drug-likeness (QED) is 0.593. The first-order valence-electron chi connectivity index (χ1n) is 5.32. The van der Waals surface area contributed by atoms with Crippen LogP contribution in [0.25, 0.3) is 0 Å². The summed E-state index contributed by atoms with van der Waals surface area (Å²) >= 11 is 0. The normalized spacial score (nSPS) is 37.2. The number of hydrogen-bond acceptors (Lipinski definition) is 4. The first-order valence-corrected chi connectivity index (χ1v) is 5.32. The van der Waals surface area contributed by atoms with Gasteiger partial charge in [0, 0.05) is 36.9 Å². The predicted octanol–water partition coefficient (Wildman–Crippen LogP) is 1.18. The highest BCUT2D eigenvalue weighted by Crippen LogP contribution is 2.23. The van der Waals surface area contributed by atoms with E-state index >= 15 is 0 Å². The van der Waals surface area contributed by atoms with Gasteiger partial charge in [0.1, 0.15) is 11.1 Å². The van der Waals surface area contributed by atoms with Crippen molar-refractivity contribution < 1.29 is 17.9 Å². The summed E-state index contributed by atoms with van der Waals surface area (Å²) in [5.74, 6) is 0. The molecule has 1 aliphatic rings. The molecule has 4 nitrogen and oxygen atoms in total. The van der Waals surface area contributed by atoms with E-state index < -0.39 is 21.8 Å². The molecule has 1 heterocycles. The second kappa shape index (κ2) is 5.05. The van der Waals surface area contributed by atoms with Gasteiger partial charge in [-0.3, -0.25) is 0 Å². The van der Waals surface area contributed by atoms with Crippen molar-refractivity contribution in [1.82, 2.24) is 20.9 Å². The summed E-state index contributed by atoms with van der Waals surface area (Å²) in [6.45, 7) is 2.71. The first kappa shape index (κ1) is 14.6. The number of nitrogens with one attached hydrogen (secondary N) is 1. The van der Waals surface area contributed by atoms with Crippen molar-refractivity contribution in [3.05, 3.63) is 0 Å². The minimum absolute atomic E-state index is 0.0103. The van der Waals surface area contributed by atoms with Crippen LogP contribution in [0.1, 0.15) is 13.8 Å². The fraction of sp³-hybridized carbons (Fsp3) is 1.00. The summed E-state index contributed by atoms with van der Waals surface area (Å²) < 4.78 is 51.0. The van der Waals surface area contributed by atoms with Crippen LogP contribution in [-0.4, -0.2) is 59.9 Å². The maximum absolute atomic E-state index is 12.8. The Hall–Kier alpha value is -0.440. The third-order valence-corrected chi connectivity index (χ3v) is 3.05. The summed E-state index contributed by atoms with van der Waals surface area (Å²) in [5.41, 5.74) is -2.74. The lowest BCUT2D eigenvalue weighted by Gasteiger charge is -2.41. The standard InChI is InChI=1S/C9H18F4N4/c1-8(16(10)11)4-14-5-9(2,17(12)13)7-15(3)6-8/h14H,4-7H2,1-3H3. The summed E-state index contributed by atoms with van der Waals surface area (Å²) in [5, 5.41) is 0.963. The van der Waals surface area contributed by atoms with Crippen LogP contribution in [0.4, 0.5) is 17.9 Å². The minimum Gasteiger partial charge on any atom is -0.313 e. The van der Waals surface area contributed by atoms with Crippen molar-refractivity contribution in [2.45, 2.75) is 24.9 Å². The summed E-state index contributed by atoms with van der Waals surface area (Å²) in [6, 6.07) is 0. The van der Waals surface area contributed by atoms with Gasteiger partial charge in [0.05, 0.1) is 0 Å². The van der Waals surface area contributed by atoms with Gasteiger partial charge < -0.3 is 10.2 Å². The van der Waals surface area contributed by atoms with Crippen molar-refractivity contribution in [1.29, 1.82) is 0 Å². The number of hydrogen-bond donors (Lipinski definition) is 1. The van der Waals surface area contributed by atoms with E-state index in [-0.39, 0.29) is 26.2 Å². The second-order valence-corrected chi connectivity index (χ2v) is 5.24. The Labute approximate surface area is 97.9 Å². The zero-order valence-electron chi connectivity index (χ0n) is 10.2. The number of nitrogens with zero attached hydrogens (tertiary/aromatic N) is 3. The van der Waals surface area contributed by atoms with Crippen LogP contribution in [0, 0.1) is 0 Å². The van der Waals surface area contributed by atoms with Gasteiger partial charge in [-0.05, 0) is 20.9 Å². The van der Waals surface area contributed by atoms with Gasteiger partial charge >= 0.3 is 0 Å². The molecule has 0 spiro atoms. The van der Waals surface area contributed by atoms with E-state index in [1.807, 2.05) is 0 Å². The molecule has 0 aromatic carbocycles. The molecule has 0 aromatic rings. The van der Waals surface area contributed by atoms with E-state index in [2.05, 4.69) is 5.32 Å². The minimum atomic E-state index is -1.37. The Bertz CT molecular complexity index is 241. The van der Waals surface area contributed by atoms with Crippen molar-refractivity contribution in [2.75, 3.05) is 33.2 Å². The predicted molar refractivity (Wildman–Crippen MR) is 55.3 cm³/mol. The van der Waals surface area contributed by atoms with Crippen LogP contribution in [0.2, 0.25) is 0 Å². The molecular weight excluding hydrogens is 240 g/mol. The number of halogens is 4. The molecule has 0 aliphatic carbocycles. The fourth-order valence-electron chi connectivity index (χ4n) is 2.16. The Morgan fingerprint density at radius 2 is 1.29 bits per heavy atom. The van der Waals surface area contributed by atoms with Crippen molar-refractivity contribution in [3.63, 3.8) is 0 Å². The van der Waals surface area contributed by atoms with Gasteiger partial charge in [-0.2, -0.15) is 0 Å². The lowest BCUT2D eigenvalue weighted by Crippen LogP contribution is -2.63. The molecule has 8 heteroatoms. The Kier molecular flexibility index (Phi) is 4.34. The molecule has 0 radical (unpaired) electrons. The largest absolute Gasteiger partial charge is 0.313 e. The van der Waals surface area contributed by atoms with Crippen LogP contribution in [-0.2, 0) is 0 Å². The molecule has 2 atom stereocenters. The van der Waals surface area contributed by atoms with Crippen LogP contribution in [0.15, 0.2) is 0 Å². The smallest absolute Gasteiger partial charge is 0.106 e. The van der Waals surface area contributed by atoms with Gasteiger partial charge in [0.25, 0.3) is 0 Å². The molecular formula is C9H18F4N4. The summed E-state index contributed by atoms with van der Waals surface area (Å²) in [7, 11) is 1.56. The van der Waals surface area contributed by atoms with E-state index in [1.54, 1.807) is 7.05 Å². The lowest BCUT2D eigenvalue weighted by molar-refractivity contribution is -0.249. The molecule has 1 aliphatic heterocycles. The molecule has 1 rings (SSSR count). The summed E-state index contributed by atoms with van der Waals surface area (Å²) in [6.07, 6.45) is 0. The molecule has 0 aromatic heterocycles. The first-order chi connectivity index (χ1) is 7.69. The van der Waals surface area contributed by atoms with E-state index in [4.69, 9.17) is 0 Å². The number of likely N-dealkylation sites (N-methyl/N-ethyl adjacent to an activating group) is 1. The molecule has 1 fully saturated rings. The SMILES string of the molecule is CN1CC(C)(N(F)F)CNCC(C)(N(F)F)C1. The van der Waals surface area contributed by atoms with Crippen LogP contribution >= 0.6 is 0 Å². The number of rotatable bonds is 2. The maximum atomic E-state index is 12.8. The molecule has 0 bridgehead atoms. The highest BCUT2D eigenvalue weighted by molar-refractivity contribution is 4.94. The van der Waals surface area contributed by atoms with Gasteiger partial charge in [0.2, 0.25) is 0 Å². The zero-order chi connectivity index (χ0) is 13.3. The highest BCUT2D eigenvalue weighted by atomic mass is 19.4. The average molecular weight is 258 g/mol. The van der Waals surface area contributed by atoms with E-state index in [0.717, 1.165) is 0 Å². The Morgan fingerprint density at radius 3 is 1.59 bits per heavy atom.